The molecule has 7 heteroatoms. The highest BCUT2D eigenvalue weighted by Gasteiger charge is 2.22. The molecule has 0 saturated carbocycles. The average molecular weight is 385 g/mol. The molecule has 1 heterocycles. The summed E-state index contributed by atoms with van der Waals surface area (Å²) in [6, 6.07) is 12.5. The van der Waals surface area contributed by atoms with Gasteiger partial charge in [-0.1, -0.05) is 19.1 Å². The first-order chi connectivity index (χ1) is 13.6. The normalized spacial score (nSPS) is 14.3. The van der Waals surface area contributed by atoms with E-state index in [9.17, 15) is 14.0 Å². The highest BCUT2D eigenvalue weighted by Crippen LogP contribution is 2.30. The zero-order valence-electron chi connectivity index (χ0n) is 15.8. The average Bonchev–Trinajstić information content (AvgIpc) is 2.90. The zero-order chi connectivity index (χ0) is 19.9. The largest absolute Gasteiger partial charge is 0.491 e. The third-order valence-corrected chi connectivity index (χ3v) is 4.54. The molecule has 2 N–H and O–H groups in total. The van der Waals surface area contributed by atoms with E-state index in [-0.39, 0.29) is 24.2 Å². The molecular formula is C21H24FN3O3. The molecule has 0 fully saturated rings. The third-order valence-electron chi connectivity index (χ3n) is 4.54. The smallest absolute Gasteiger partial charge is 0.246 e. The number of hydrogen-bond acceptors (Lipinski definition) is 4. The number of nitrogens with one attached hydrogen (secondary N) is 2. The Balaban J connectivity index is 1.61. The molecule has 28 heavy (non-hydrogen) atoms. The molecule has 0 aromatic heterocycles. The monoisotopic (exact) mass is 385 g/mol. The molecule has 0 aliphatic carbocycles. The number of hydrogen-bond donors (Lipinski definition) is 2. The summed E-state index contributed by atoms with van der Waals surface area (Å²) in [5, 5.41) is 5.49. The van der Waals surface area contributed by atoms with Gasteiger partial charge in [-0.05, 0) is 49.2 Å². The fraction of sp³-hybridized carbons (Fsp3) is 0.333. The molecule has 0 radical (unpaired) electrons. The summed E-state index contributed by atoms with van der Waals surface area (Å²) in [5.41, 5.74) is 1.36. The predicted octanol–water partition coefficient (Wildman–Crippen LogP) is 2.95. The van der Waals surface area contributed by atoms with Crippen LogP contribution in [0.5, 0.6) is 5.75 Å². The maximum Gasteiger partial charge on any atom is 0.246 e. The van der Waals surface area contributed by atoms with Crippen LogP contribution in [0.4, 0.5) is 15.8 Å². The van der Waals surface area contributed by atoms with Gasteiger partial charge in [0, 0.05) is 12.2 Å². The number of ether oxygens (including phenoxy) is 1. The lowest BCUT2D eigenvalue weighted by Gasteiger charge is -2.24. The van der Waals surface area contributed by atoms with Gasteiger partial charge in [0.1, 0.15) is 17.6 Å². The molecule has 0 spiro atoms. The van der Waals surface area contributed by atoms with Crippen LogP contribution in [-0.2, 0) is 9.59 Å². The number of carbonyl (C=O) groups excluding carboxylic acids is 2. The number of benzene rings is 2. The van der Waals surface area contributed by atoms with E-state index in [1.165, 1.54) is 24.3 Å². The second kappa shape index (κ2) is 9.21. The highest BCUT2D eigenvalue weighted by molar-refractivity contribution is 5.97. The molecule has 1 aliphatic rings. The van der Waals surface area contributed by atoms with Crippen LogP contribution in [0.25, 0.3) is 0 Å². The van der Waals surface area contributed by atoms with Crippen molar-refractivity contribution in [2.24, 2.45) is 0 Å². The van der Waals surface area contributed by atoms with Crippen molar-refractivity contribution in [1.29, 1.82) is 0 Å². The van der Waals surface area contributed by atoms with Crippen molar-refractivity contribution < 1.29 is 18.7 Å². The number of rotatable bonds is 6. The van der Waals surface area contributed by atoms with Crippen molar-refractivity contribution in [3.05, 3.63) is 54.3 Å². The fourth-order valence-electron chi connectivity index (χ4n) is 3.09. The Morgan fingerprint density at radius 1 is 1.18 bits per heavy atom. The Hall–Kier alpha value is -3.09. The third kappa shape index (κ3) is 5.00. The van der Waals surface area contributed by atoms with Gasteiger partial charge in [0.05, 0.1) is 18.8 Å². The summed E-state index contributed by atoms with van der Waals surface area (Å²) in [6.07, 6.45) is 1.25. The minimum atomic E-state index is -0.670. The number of carbonyl (C=O) groups is 2. The molecule has 2 aromatic rings. The van der Waals surface area contributed by atoms with Gasteiger partial charge in [0.15, 0.2) is 0 Å². The van der Waals surface area contributed by atoms with Crippen molar-refractivity contribution in [2.45, 2.75) is 25.8 Å². The molecule has 2 amide bonds. The van der Waals surface area contributed by atoms with E-state index in [4.69, 9.17) is 4.74 Å². The summed E-state index contributed by atoms with van der Waals surface area (Å²) in [6.45, 7) is 3.26. The zero-order valence-corrected chi connectivity index (χ0v) is 15.8. The Bertz CT molecular complexity index is 826. The van der Waals surface area contributed by atoms with E-state index < -0.39 is 6.04 Å². The molecule has 148 valence electrons. The topological polar surface area (TPSA) is 70.7 Å². The molecule has 2 aromatic carbocycles. The van der Waals surface area contributed by atoms with Gasteiger partial charge in [-0.3, -0.25) is 9.59 Å². The van der Waals surface area contributed by atoms with Gasteiger partial charge in [0.2, 0.25) is 11.8 Å². The predicted molar refractivity (Wildman–Crippen MR) is 106 cm³/mol. The number of fused-ring (bicyclic) bond motifs is 1. The van der Waals surface area contributed by atoms with Crippen LogP contribution in [0.2, 0.25) is 0 Å². The van der Waals surface area contributed by atoms with E-state index >= 15 is 0 Å². The summed E-state index contributed by atoms with van der Waals surface area (Å²) in [5.74, 6) is -0.186. The summed E-state index contributed by atoms with van der Waals surface area (Å²) in [7, 11) is 0. The maximum absolute atomic E-state index is 13.0. The Morgan fingerprint density at radius 2 is 1.93 bits per heavy atom. The second-order valence-corrected chi connectivity index (χ2v) is 6.62. The van der Waals surface area contributed by atoms with Crippen molar-refractivity contribution in [3.63, 3.8) is 0 Å². The number of nitrogens with zero attached hydrogens (tertiary/aromatic N) is 1. The summed E-state index contributed by atoms with van der Waals surface area (Å²) < 4.78 is 18.7. The highest BCUT2D eigenvalue weighted by atomic mass is 19.1. The lowest BCUT2D eigenvalue weighted by atomic mass is 10.2. The van der Waals surface area contributed by atoms with E-state index in [1.54, 1.807) is 0 Å². The summed E-state index contributed by atoms with van der Waals surface area (Å²) in [4.78, 5) is 27.0. The van der Waals surface area contributed by atoms with Gasteiger partial charge in [-0.2, -0.15) is 0 Å². The Kier molecular flexibility index (Phi) is 6.47. The van der Waals surface area contributed by atoms with E-state index in [0.29, 0.717) is 25.3 Å². The van der Waals surface area contributed by atoms with Gasteiger partial charge >= 0.3 is 0 Å². The van der Waals surface area contributed by atoms with Gasteiger partial charge in [0.25, 0.3) is 0 Å². The fourth-order valence-corrected chi connectivity index (χ4v) is 3.09. The van der Waals surface area contributed by atoms with Gasteiger partial charge in [-0.25, -0.2) is 4.39 Å². The van der Waals surface area contributed by atoms with Gasteiger partial charge in [-0.15, -0.1) is 0 Å². The maximum atomic E-state index is 13.0. The number of anilines is 2. The first kappa shape index (κ1) is 19.7. The van der Waals surface area contributed by atoms with Crippen LogP contribution in [0.1, 0.15) is 19.8 Å². The van der Waals surface area contributed by atoms with Crippen molar-refractivity contribution in [3.8, 4) is 5.75 Å². The number of para-hydroxylation sites is 2. The van der Waals surface area contributed by atoms with Crippen LogP contribution < -0.4 is 20.3 Å². The van der Waals surface area contributed by atoms with Crippen LogP contribution in [0.3, 0.4) is 0 Å². The van der Waals surface area contributed by atoms with Crippen LogP contribution in [-0.4, -0.2) is 37.6 Å². The molecule has 3 rings (SSSR count). The standard InChI is InChI=1S/C21H24FN3O3/c1-2-17(21(27)23-16-10-8-15(22)9-11-16)24-20(26)14-25-12-5-13-28-19-7-4-3-6-18(19)25/h3-4,6-11,17H,2,5,12-14H2,1H3,(H,23,27)(H,24,26). The second-order valence-electron chi connectivity index (χ2n) is 6.62. The molecule has 1 aliphatic heterocycles. The van der Waals surface area contributed by atoms with E-state index in [2.05, 4.69) is 10.6 Å². The first-order valence-electron chi connectivity index (χ1n) is 9.39. The van der Waals surface area contributed by atoms with Crippen molar-refractivity contribution >= 4 is 23.2 Å². The van der Waals surface area contributed by atoms with Crippen molar-refractivity contribution in [2.75, 3.05) is 29.9 Å². The molecule has 6 nitrogen and oxygen atoms in total. The SMILES string of the molecule is CCC(NC(=O)CN1CCCOc2ccccc21)C(=O)Nc1ccc(F)cc1. The first-order valence-corrected chi connectivity index (χ1v) is 9.39. The van der Waals surface area contributed by atoms with Crippen LogP contribution in [0.15, 0.2) is 48.5 Å². The summed E-state index contributed by atoms with van der Waals surface area (Å²) >= 11 is 0. The molecule has 1 unspecified atom stereocenters. The lowest BCUT2D eigenvalue weighted by molar-refractivity contribution is -0.125. The van der Waals surface area contributed by atoms with Crippen LogP contribution >= 0.6 is 0 Å². The Labute approximate surface area is 163 Å². The molecule has 0 saturated heterocycles. The number of halogens is 1. The van der Waals surface area contributed by atoms with Crippen molar-refractivity contribution in [1.82, 2.24) is 5.32 Å². The quantitative estimate of drug-likeness (QED) is 0.802. The minimum Gasteiger partial charge on any atom is -0.491 e. The molecule has 1 atom stereocenters. The van der Waals surface area contributed by atoms with E-state index in [0.717, 1.165) is 17.9 Å². The Morgan fingerprint density at radius 3 is 2.68 bits per heavy atom. The van der Waals surface area contributed by atoms with Gasteiger partial charge < -0.3 is 20.3 Å². The molecular weight excluding hydrogens is 361 g/mol. The lowest BCUT2D eigenvalue weighted by Crippen LogP contribution is -2.47. The van der Waals surface area contributed by atoms with Crippen LogP contribution in [0, 0.1) is 5.82 Å². The van der Waals surface area contributed by atoms with E-state index in [1.807, 2.05) is 36.1 Å². The number of amides is 2. The minimum absolute atomic E-state index is 0.140. The molecule has 0 bridgehead atoms.